The first-order chi connectivity index (χ1) is 13.7. The lowest BCUT2D eigenvalue weighted by Crippen LogP contribution is -2.57. The number of rotatable bonds is 2. The average molecular weight is 379 g/mol. The van der Waals surface area contributed by atoms with Crippen LogP contribution in [0, 0.1) is 52.8 Å². The summed E-state index contributed by atoms with van der Waals surface area (Å²) >= 11 is 0. The predicted molar refractivity (Wildman–Crippen MR) is 108 cm³/mol. The lowest BCUT2D eigenvalue weighted by atomic mass is 9.45. The number of carbonyl (C=O) groups excluding carboxylic acids is 1. The van der Waals surface area contributed by atoms with Gasteiger partial charge in [0.15, 0.2) is 5.78 Å². The number of hydrogen-bond donors (Lipinski definition) is 0. The molecule has 7 aliphatic rings. The van der Waals surface area contributed by atoms with Crippen LogP contribution in [-0.4, -0.2) is 18.0 Å². The maximum absolute atomic E-state index is 12.2. The second kappa shape index (κ2) is 5.42. The van der Waals surface area contributed by atoms with Crippen molar-refractivity contribution in [2.24, 2.45) is 52.8 Å². The van der Waals surface area contributed by atoms with E-state index in [1.807, 2.05) is 0 Å². The molecule has 0 radical (unpaired) electrons. The number of ketones is 1. The maximum atomic E-state index is 12.2. The first-order valence-electron chi connectivity index (χ1n) is 12.2. The number of allylic oxidation sites excluding steroid dienone is 1. The molecule has 2 heteroatoms. The molecule has 9 atom stereocenters. The minimum Gasteiger partial charge on any atom is -0.366 e. The van der Waals surface area contributed by atoms with E-state index in [0.717, 1.165) is 66.8 Å². The Labute approximate surface area is 169 Å². The highest BCUT2D eigenvalue weighted by Gasteiger charge is 2.78. The molecule has 150 valence electrons. The van der Waals surface area contributed by atoms with Gasteiger partial charge in [-0.2, -0.15) is 0 Å². The molecule has 0 N–H and O–H groups in total. The summed E-state index contributed by atoms with van der Waals surface area (Å²) in [6.07, 6.45) is 18.5. The summed E-state index contributed by atoms with van der Waals surface area (Å²) in [6.45, 7) is 3.31. The highest BCUT2D eigenvalue weighted by molar-refractivity contribution is 5.91. The van der Waals surface area contributed by atoms with Crippen molar-refractivity contribution in [3.8, 4) is 0 Å². The van der Waals surface area contributed by atoms with Gasteiger partial charge in [-0.3, -0.25) is 4.79 Å². The summed E-state index contributed by atoms with van der Waals surface area (Å²) in [4.78, 5) is 12.2. The quantitative estimate of drug-likeness (QED) is 0.607. The van der Waals surface area contributed by atoms with Crippen molar-refractivity contribution in [1.82, 2.24) is 0 Å². The molecule has 1 spiro atoms. The van der Waals surface area contributed by atoms with Crippen molar-refractivity contribution in [3.63, 3.8) is 0 Å². The fourth-order valence-corrected chi connectivity index (χ4v) is 9.76. The van der Waals surface area contributed by atoms with E-state index in [2.05, 4.69) is 25.2 Å². The Hall–Kier alpha value is -0.890. The molecule has 6 aliphatic carbocycles. The summed E-state index contributed by atoms with van der Waals surface area (Å²) in [6, 6.07) is 0. The average Bonchev–Trinajstić information content (AvgIpc) is 3.64. The Morgan fingerprint density at radius 2 is 2.04 bits per heavy atom. The zero-order valence-electron chi connectivity index (χ0n) is 17.2. The summed E-state index contributed by atoms with van der Waals surface area (Å²) in [5, 5.41) is 0. The first kappa shape index (κ1) is 16.9. The van der Waals surface area contributed by atoms with E-state index >= 15 is 0 Å². The van der Waals surface area contributed by atoms with Crippen molar-refractivity contribution in [3.05, 3.63) is 23.8 Å². The first-order valence-corrected chi connectivity index (χ1v) is 12.2. The molecule has 0 saturated heterocycles. The molecule has 5 fully saturated rings. The smallest absolute Gasteiger partial charge is 0.155 e. The lowest BCUT2D eigenvalue weighted by molar-refractivity contribution is -0.153. The molecule has 0 aromatic carbocycles. The zero-order valence-corrected chi connectivity index (χ0v) is 17.2. The number of hydrogen-bond acceptors (Lipinski definition) is 2. The van der Waals surface area contributed by atoms with E-state index in [0.29, 0.717) is 11.2 Å². The lowest BCUT2D eigenvalue weighted by Gasteiger charge is -2.60. The molecule has 0 bridgehead atoms. The van der Waals surface area contributed by atoms with Crippen molar-refractivity contribution < 1.29 is 9.53 Å². The Morgan fingerprint density at radius 1 is 1.14 bits per heavy atom. The van der Waals surface area contributed by atoms with Crippen LogP contribution in [0.25, 0.3) is 0 Å². The Balaban J connectivity index is 1.34. The van der Waals surface area contributed by atoms with Crippen LogP contribution in [0.4, 0.5) is 0 Å². The number of carbonyl (C=O) groups is 1. The zero-order chi connectivity index (χ0) is 18.7. The molecule has 0 unspecified atom stereocenters. The third-order valence-electron chi connectivity index (χ3n) is 10.8. The summed E-state index contributed by atoms with van der Waals surface area (Å²) in [5.74, 6) is 7.31. The fraction of sp³-hybridized carbons (Fsp3) is 0.808. The van der Waals surface area contributed by atoms with Crippen LogP contribution in [0.5, 0.6) is 0 Å². The van der Waals surface area contributed by atoms with Crippen molar-refractivity contribution in [2.75, 3.05) is 6.61 Å². The molecule has 1 aliphatic heterocycles. The van der Waals surface area contributed by atoms with Gasteiger partial charge >= 0.3 is 0 Å². The topological polar surface area (TPSA) is 26.3 Å². The Bertz CT molecular complexity index is 790. The Kier molecular flexibility index (Phi) is 3.26. The van der Waals surface area contributed by atoms with Gasteiger partial charge in [0.25, 0.3) is 0 Å². The highest BCUT2D eigenvalue weighted by atomic mass is 16.5. The van der Waals surface area contributed by atoms with Gasteiger partial charge in [0.1, 0.15) is 0 Å². The van der Waals surface area contributed by atoms with E-state index in [1.165, 1.54) is 44.9 Å². The SMILES string of the molecule is CC[C@]12CC[C@H]3[C@H]([C@@H]1[C@@H]1C[C@@H]1[C@@]21C=CCO1)[C@H](C1CC1)CC1=CC(=O)CC[C@@H]13. The summed E-state index contributed by atoms with van der Waals surface area (Å²) in [5.41, 5.74) is 2.04. The van der Waals surface area contributed by atoms with Crippen LogP contribution >= 0.6 is 0 Å². The van der Waals surface area contributed by atoms with Crippen LogP contribution in [0.3, 0.4) is 0 Å². The normalized spacial score (nSPS) is 56.1. The minimum atomic E-state index is 0.0782. The van der Waals surface area contributed by atoms with E-state index in [9.17, 15) is 4.79 Å². The Morgan fingerprint density at radius 3 is 2.79 bits per heavy atom. The molecule has 5 saturated carbocycles. The fourth-order valence-electron chi connectivity index (χ4n) is 9.76. The number of ether oxygens (including phenoxy) is 1. The molecule has 0 aromatic heterocycles. The van der Waals surface area contributed by atoms with Crippen LogP contribution in [0.2, 0.25) is 0 Å². The van der Waals surface area contributed by atoms with E-state index < -0.39 is 0 Å². The van der Waals surface area contributed by atoms with Gasteiger partial charge in [-0.05, 0) is 105 Å². The molecule has 7 rings (SSSR count). The van der Waals surface area contributed by atoms with Crippen molar-refractivity contribution in [1.29, 1.82) is 0 Å². The maximum Gasteiger partial charge on any atom is 0.155 e. The second-order valence-corrected chi connectivity index (χ2v) is 11.4. The van der Waals surface area contributed by atoms with Crippen LogP contribution in [-0.2, 0) is 9.53 Å². The largest absolute Gasteiger partial charge is 0.366 e. The van der Waals surface area contributed by atoms with Crippen molar-refractivity contribution >= 4 is 5.78 Å². The summed E-state index contributed by atoms with van der Waals surface area (Å²) in [7, 11) is 0. The predicted octanol–water partition coefficient (Wildman–Crippen LogP) is 5.34. The van der Waals surface area contributed by atoms with Gasteiger partial charge in [-0.25, -0.2) is 0 Å². The monoisotopic (exact) mass is 378 g/mol. The molecule has 1 heterocycles. The van der Waals surface area contributed by atoms with Gasteiger partial charge in [0, 0.05) is 11.8 Å². The molecule has 0 amide bonds. The van der Waals surface area contributed by atoms with Gasteiger partial charge < -0.3 is 4.74 Å². The second-order valence-electron chi connectivity index (χ2n) is 11.4. The van der Waals surface area contributed by atoms with Gasteiger partial charge in [0.2, 0.25) is 0 Å². The molecule has 28 heavy (non-hydrogen) atoms. The minimum absolute atomic E-state index is 0.0782. The standard InChI is InChI=1S/C26H34O2/c1-2-25-10-8-19-18-7-6-17(27)12-16(18)13-20(15-4-5-15)23(19)24(25)21-14-22(21)26(25)9-3-11-28-26/h3,9,12,15,18-24H,2,4-8,10-11,13-14H2,1H3/t18-,19+,20-,21+,22-,23-,24-,25-,26-/m0/s1. The van der Waals surface area contributed by atoms with E-state index in [-0.39, 0.29) is 5.60 Å². The van der Waals surface area contributed by atoms with E-state index in [4.69, 9.17) is 4.74 Å². The van der Waals surface area contributed by atoms with Gasteiger partial charge in [-0.15, -0.1) is 0 Å². The third kappa shape index (κ3) is 1.88. The van der Waals surface area contributed by atoms with Crippen molar-refractivity contribution in [2.45, 2.75) is 70.3 Å². The van der Waals surface area contributed by atoms with E-state index in [1.54, 1.807) is 5.57 Å². The van der Waals surface area contributed by atoms with Gasteiger partial charge in [0.05, 0.1) is 12.2 Å². The molecule has 0 aromatic rings. The van der Waals surface area contributed by atoms with Crippen LogP contribution in [0.1, 0.15) is 64.7 Å². The highest BCUT2D eigenvalue weighted by Crippen LogP contribution is 2.79. The molecular weight excluding hydrogens is 344 g/mol. The third-order valence-corrected chi connectivity index (χ3v) is 10.8. The van der Waals surface area contributed by atoms with Crippen LogP contribution < -0.4 is 0 Å². The molecular formula is C26H34O2. The molecule has 2 nitrogen and oxygen atoms in total. The number of fused-ring (bicyclic) bond motifs is 9. The van der Waals surface area contributed by atoms with Crippen LogP contribution in [0.15, 0.2) is 23.8 Å². The van der Waals surface area contributed by atoms with Gasteiger partial charge in [-0.1, -0.05) is 24.6 Å². The summed E-state index contributed by atoms with van der Waals surface area (Å²) < 4.78 is 6.66.